The Morgan fingerprint density at radius 3 is 2.59 bits per heavy atom. The third-order valence-corrected chi connectivity index (χ3v) is 2.21. The first-order valence-corrected chi connectivity index (χ1v) is 4.96. The minimum atomic E-state index is -4.50. The van der Waals surface area contributed by atoms with Crippen molar-refractivity contribution in [1.29, 1.82) is 5.26 Å². The first-order chi connectivity index (χ1) is 7.88. The zero-order chi connectivity index (χ0) is 13.1. The third kappa shape index (κ3) is 3.36. The zero-order valence-electron chi connectivity index (χ0n) is 9.17. The molecule has 1 atom stereocenters. The Kier molecular flexibility index (Phi) is 3.97. The van der Waals surface area contributed by atoms with E-state index < -0.39 is 11.7 Å². The van der Waals surface area contributed by atoms with E-state index >= 15 is 0 Å². The van der Waals surface area contributed by atoms with Crippen molar-refractivity contribution in [2.75, 3.05) is 11.9 Å². The topological polar surface area (TPSA) is 61.8 Å². The van der Waals surface area contributed by atoms with Gasteiger partial charge in [-0.1, -0.05) is 0 Å². The maximum Gasteiger partial charge on any atom is 0.418 e. The van der Waals surface area contributed by atoms with E-state index in [1.165, 1.54) is 12.1 Å². The molecule has 0 saturated carbocycles. The normalized spacial score (nSPS) is 12.9. The van der Waals surface area contributed by atoms with E-state index in [2.05, 4.69) is 5.32 Å². The van der Waals surface area contributed by atoms with E-state index in [1.54, 1.807) is 13.0 Å². The molecule has 0 aromatic heterocycles. The zero-order valence-corrected chi connectivity index (χ0v) is 9.17. The van der Waals surface area contributed by atoms with Crippen LogP contribution in [0.25, 0.3) is 0 Å². The van der Waals surface area contributed by atoms with Gasteiger partial charge in [-0.3, -0.25) is 0 Å². The number of halogens is 3. The van der Waals surface area contributed by atoms with Gasteiger partial charge in [-0.25, -0.2) is 0 Å². The van der Waals surface area contributed by atoms with Crippen LogP contribution in [0.4, 0.5) is 18.9 Å². The van der Waals surface area contributed by atoms with Crippen molar-refractivity contribution in [1.82, 2.24) is 0 Å². The Bertz CT molecular complexity index is 435. The molecule has 0 spiro atoms. The van der Waals surface area contributed by atoms with Gasteiger partial charge in [0.1, 0.15) is 0 Å². The van der Waals surface area contributed by atoms with Crippen molar-refractivity contribution in [2.45, 2.75) is 19.1 Å². The lowest BCUT2D eigenvalue weighted by Crippen LogP contribution is -2.26. The molecule has 0 fully saturated rings. The molecular weight excluding hydrogens is 231 g/mol. The summed E-state index contributed by atoms with van der Waals surface area (Å²) in [4.78, 5) is 0. The molecule has 0 heterocycles. The molecule has 1 rings (SSSR count). The van der Waals surface area contributed by atoms with Gasteiger partial charge >= 0.3 is 6.18 Å². The number of nitrogens with zero attached hydrogens (tertiary/aromatic N) is 1. The van der Waals surface area contributed by atoms with Crippen molar-refractivity contribution >= 4 is 5.69 Å². The Labute approximate surface area is 97.0 Å². The SMILES string of the molecule is CC(CN)Nc1ccc(C#N)cc1C(F)(F)F. The predicted molar refractivity (Wildman–Crippen MR) is 58.3 cm³/mol. The van der Waals surface area contributed by atoms with Crippen LogP contribution in [0.5, 0.6) is 0 Å². The van der Waals surface area contributed by atoms with Crippen LogP contribution in [0.1, 0.15) is 18.1 Å². The first kappa shape index (κ1) is 13.3. The van der Waals surface area contributed by atoms with E-state index in [0.717, 1.165) is 6.07 Å². The molecule has 0 aliphatic rings. The molecule has 0 aliphatic carbocycles. The van der Waals surface area contributed by atoms with Crippen LogP contribution in [0.2, 0.25) is 0 Å². The van der Waals surface area contributed by atoms with Gasteiger partial charge in [0, 0.05) is 18.3 Å². The van der Waals surface area contributed by atoms with Crippen molar-refractivity contribution in [3.8, 4) is 6.07 Å². The smallest absolute Gasteiger partial charge is 0.381 e. The molecule has 0 bridgehead atoms. The van der Waals surface area contributed by atoms with E-state index in [4.69, 9.17) is 11.0 Å². The lowest BCUT2D eigenvalue weighted by molar-refractivity contribution is -0.137. The Balaban J connectivity index is 3.17. The average molecular weight is 243 g/mol. The summed E-state index contributed by atoms with van der Waals surface area (Å²) >= 11 is 0. The minimum absolute atomic E-state index is 0.0247. The molecule has 0 saturated heterocycles. The molecule has 3 nitrogen and oxygen atoms in total. The highest BCUT2D eigenvalue weighted by Crippen LogP contribution is 2.35. The molecule has 6 heteroatoms. The van der Waals surface area contributed by atoms with Gasteiger partial charge in [-0.2, -0.15) is 18.4 Å². The van der Waals surface area contributed by atoms with E-state index in [1.807, 2.05) is 0 Å². The number of rotatable bonds is 3. The van der Waals surface area contributed by atoms with E-state index in [9.17, 15) is 13.2 Å². The van der Waals surface area contributed by atoms with Crippen LogP contribution in [0, 0.1) is 11.3 Å². The fraction of sp³-hybridized carbons (Fsp3) is 0.364. The van der Waals surface area contributed by atoms with Crippen LogP contribution >= 0.6 is 0 Å². The summed E-state index contributed by atoms with van der Waals surface area (Å²) in [7, 11) is 0. The molecule has 1 unspecified atom stereocenters. The minimum Gasteiger partial charge on any atom is -0.381 e. The average Bonchev–Trinajstić information content (AvgIpc) is 2.28. The van der Waals surface area contributed by atoms with Crippen LogP contribution in [0.15, 0.2) is 18.2 Å². The summed E-state index contributed by atoms with van der Waals surface area (Å²) in [5.41, 5.74) is 4.40. The lowest BCUT2D eigenvalue weighted by Gasteiger charge is -2.18. The van der Waals surface area contributed by atoms with Gasteiger partial charge in [0.2, 0.25) is 0 Å². The van der Waals surface area contributed by atoms with Gasteiger partial charge in [-0.05, 0) is 25.1 Å². The first-order valence-electron chi connectivity index (χ1n) is 4.96. The van der Waals surface area contributed by atoms with Crippen LogP contribution in [-0.2, 0) is 6.18 Å². The number of hydrogen-bond donors (Lipinski definition) is 2. The standard InChI is InChI=1S/C11H12F3N3/c1-7(5-15)17-10-3-2-8(6-16)4-9(10)11(12,13)14/h2-4,7,17H,5,15H2,1H3. The van der Waals surface area contributed by atoms with Gasteiger partial charge < -0.3 is 11.1 Å². The highest BCUT2D eigenvalue weighted by atomic mass is 19.4. The summed E-state index contributed by atoms with van der Waals surface area (Å²) < 4.78 is 38.2. The number of hydrogen-bond acceptors (Lipinski definition) is 3. The van der Waals surface area contributed by atoms with Gasteiger partial charge in [-0.15, -0.1) is 0 Å². The molecule has 17 heavy (non-hydrogen) atoms. The molecule has 0 radical (unpaired) electrons. The molecule has 1 aromatic rings. The molecule has 1 aromatic carbocycles. The Hall–Kier alpha value is -1.74. The van der Waals surface area contributed by atoms with Gasteiger partial charge in [0.05, 0.1) is 17.2 Å². The van der Waals surface area contributed by atoms with Crippen LogP contribution in [-0.4, -0.2) is 12.6 Å². The second kappa shape index (κ2) is 5.06. The number of nitriles is 1. The van der Waals surface area contributed by atoms with Gasteiger partial charge in [0.15, 0.2) is 0 Å². The molecule has 3 N–H and O–H groups in total. The monoisotopic (exact) mass is 243 g/mol. The second-order valence-corrected chi connectivity index (χ2v) is 3.65. The Morgan fingerprint density at radius 2 is 2.12 bits per heavy atom. The summed E-state index contributed by atoms with van der Waals surface area (Å²) in [6.07, 6.45) is -4.50. The number of anilines is 1. The maximum absolute atomic E-state index is 12.7. The van der Waals surface area contributed by atoms with Crippen LogP contribution in [0.3, 0.4) is 0 Å². The lowest BCUT2D eigenvalue weighted by atomic mass is 10.1. The molecular formula is C11H12F3N3. The number of alkyl halides is 3. The van der Waals surface area contributed by atoms with Crippen molar-refractivity contribution < 1.29 is 13.2 Å². The van der Waals surface area contributed by atoms with Crippen molar-refractivity contribution in [3.63, 3.8) is 0 Å². The largest absolute Gasteiger partial charge is 0.418 e. The Morgan fingerprint density at radius 1 is 1.47 bits per heavy atom. The van der Waals surface area contributed by atoms with E-state index in [0.29, 0.717) is 0 Å². The molecule has 92 valence electrons. The quantitative estimate of drug-likeness (QED) is 0.856. The number of benzene rings is 1. The summed E-state index contributed by atoms with van der Waals surface area (Å²) in [6, 6.07) is 4.81. The third-order valence-electron chi connectivity index (χ3n) is 2.21. The fourth-order valence-electron chi connectivity index (χ4n) is 1.30. The molecule has 0 amide bonds. The number of nitrogens with one attached hydrogen (secondary N) is 1. The number of nitrogens with two attached hydrogens (primary N) is 1. The highest BCUT2D eigenvalue weighted by molar-refractivity contribution is 5.56. The van der Waals surface area contributed by atoms with E-state index in [-0.39, 0.29) is 23.8 Å². The van der Waals surface area contributed by atoms with Crippen molar-refractivity contribution in [3.05, 3.63) is 29.3 Å². The summed E-state index contributed by atoms with van der Waals surface area (Å²) in [5, 5.41) is 11.3. The van der Waals surface area contributed by atoms with Gasteiger partial charge in [0.25, 0.3) is 0 Å². The highest BCUT2D eigenvalue weighted by Gasteiger charge is 2.34. The predicted octanol–water partition coefficient (Wildman–Crippen LogP) is 2.34. The summed E-state index contributed by atoms with van der Waals surface area (Å²) in [5.74, 6) is 0. The van der Waals surface area contributed by atoms with Crippen molar-refractivity contribution in [2.24, 2.45) is 5.73 Å². The second-order valence-electron chi connectivity index (χ2n) is 3.65. The maximum atomic E-state index is 12.7. The summed E-state index contributed by atoms with van der Waals surface area (Å²) in [6.45, 7) is 1.90. The van der Waals surface area contributed by atoms with Crippen LogP contribution < -0.4 is 11.1 Å². The fourth-order valence-corrected chi connectivity index (χ4v) is 1.30. The molecule has 0 aliphatic heterocycles.